The Morgan fingerprint density at radius 2 is 1.93 bits per heavy atom. The lowest BCUT2D eigenvalue weighted by Crippen LogP contribution is -2.37. The molecule has 0 aliphatic rings. The van der Waals surface area contributed by atoms with E-state index in [0.717, 1.165) is 36.8 Å². The Hall–Kier alpha value is -2.99. The first-order valence-corrected chi connectivity index (χ1v) is 10.4. The van der Waals surface area contributed by atoms with E-state index in [2.05, 4.69) is 62.9 Å². The van der Waals surface area contributed by atoms with E-state index in [1.165, 1.54) is 22.0 Å². The number of H-pyrrole nitrogens is 1. The van der Waals surface area contributed by atoms with Gasteiger partial charge in [0.05, 0.1) is 0 Å². The lowest BCUT2D eigenvalue weighted by Gasteiger charge is -2.16. The van der Waals surface area contributed by atoms with Crippen molar-refractivity contribution in [2.24, 2.45) is 4.99 Å². The summed E-state index contributed by atoms with van der Waals surface area (Å²) in [5.41, 5.74) is 4.89. The molecule has 0 atom stereocenters. The summed E-state index contributed by atoms with van der Waals surface area (Å²) >= 11 is 0. The summed E-state index contributed by atoms with van der Waals surface area (Å²) < 4.78 is 5.95. The van der Waals surface area contributed by atoms with Crippen molar-refractivity contribution in [3.05, 3.63) is 65.4 Å². The topological polar surface area (TPSA) is 64.7 Å². The highest BCUT2D eigenvalue weighted by atomic mass is 16.5. The molecular weight excluding hydrogens is 374 g/mol. The molecule has 0 fully saturated rings. The molecule has 0 spiro atoms. The molecule has 0 amide bonds. The number of rotatable bonds is 9. The molecule has 3 rings (SSSR count). The summed E-state index contributed by atoms with van der Waals surface area (Å²) in [6.07, 6.45) is 3.03. The predicted molar refractivity (Wildman–Crippen MR) is 125 cm³/mol. The average Bonchev–Trinajstić information content (AvgIpc) is 3.13. The van der Waals surface area contributed by atoms with Crippen LogP contribution in [-0.2, 0) is 13.0 Å². The monoisotopic (exact) mass is 407 g/mol. The molecule has 1 heterocycles. The van der Waals surface area contributed by atoms with Crippen molar-refractivity contribution < 1.29 is 4.74 Å². The van der Waals surface area contributed by atoms with Gasteiger partial charge in [0.15, 0.2) is 5.96 Å². The minimum Gasteiger partial charge on any atom is -0.492 e. The number of hydrogen-bond acceptors (Lipinski definition) is 3. The Bertz CT molecular complexity index is 977. The molecule has 3 N–H and O–H groups in total. The summed E-state index contributed by atoms with van der Waals surface area (Å²) in [5.74, 6) is 1.70. The molecule has 6 nitrogen and oxygen atoms in total. The average molecular weight is 408 g/mol. The molecule has 30 heavy (non-hydrogen) atoms. The smallest absolute Gasteiger partial charge is 0.191 e. The number of fused-ring (bicyclic) bond motifs is 1. The van der Waals surface area contributed by atoms with E-state index in [-0.39, 0.29) is 0 Å². The number of hydrogen-bond donors (Lipinski definition) is 3. The van der Waals surface area contributed by atoms with Crippen molar-refractivity contribution >= 4 is 16.9 Å². The number of para-hydroxylation sites is 1. The number of aliphatic imine (C=N–C) groups is 1. The van der Waals surface area contributed by atoms with E-state index in [0.29, 0.717) is 13.2 Å². The lowest BCUT2D eigenvalue weighted by molar-refractivity contribution is 0.259. The third kappa shape index (κ3) is 6.00. The van der Waals surface area contributed by atoms with Gasteiger partial charge in [0.2, 0.25) is 0 Å². The second kappa shape index (κ2) is 10.7. The highest BCUT2D eigenvalue weighted by Gasteiger charge is 2.07. The molecule has 3 aromatic rings. The molecule has 0 aliphatic carbocycles. The van der Waals surface area contributed by atoms with Crippen LogP contribution in [0.3, 0.4) is 0 Å². The fourth-order valence-corrected chi connectivity index (χ4v) is 3.35. The van der Waals surface area contributed by atoms with Gasteiger partial charge in [0, 0.05) is 49.3 Å². The van der Waals surface area contributed by atoms with E-state index in [4.69, 9.17) is 4.74 Å². The number of likely N-dealkylation sites (N-methyl/N-ethyl adjacent to an activating group) is 1. The van der Waals surface area contributed by atoms with Crippen LogP contribution in [0.1, 0.15) is 16.7 Å². The number of benzene rings is 2. The summed E-state index contributed by atoms with van der Waals surface area (Å²) in [6, 6.07) is 14.7. The minimum absolute atomic E-state index is 0.657. The van der Waals surface area contributed by atoms with Crippen molar-refractivity contribution in [1.82, 2.24) is 20.5 Å². The lowest BCUT2D eigenvalue weighted by atomic mass is 10.1. The molecule has 160 valence electrons. The number of guanidine groups is 1. The van der Waals surface area contributed by atoms with Crippen LogP contribution in [0.5, 0.6) is 5.75 Å². The van der Waals surface area contributed by atoms with Gasteiger partial charge in [0.1, 0.15) is 12.4 Å². The Morgan fingerprint density at radius 3 is 2.73 bits per heavy atom. The van der Waals surface area contributed by atoms with Crippen LogP contribution in [0.15, 0.2) is 53.7 Å². The molecule has 6 heteroatoms. The maximum Gasteiger partial charge on any atom is 0.191 e. The SMILES string of the molecule is CN=C(NCCc1c[nH]c2cc(C)ccc12)NCc1ccccc1OCCN(C)C. The zero-order chi connectivity index (χ0) is 21.3. The minimum atomic E-state index is 0.657. The number of aromatic amines is 1. The molecule has 0 aliphatic heterocycles. The first-order chi connectivity index (χ1) is 14.6. The van der Waals surface area contributed by atoms with Gasteiger partial charge in [-0.2, -0.15) is 0 Å². The summed E-state index contributed by atoms with van der Waals surface area (Å²) in [5, 5.41) is 8.09. The van der Waals surface area contributed by atoms with E-state index >= 15 is 0 Å². The first-order valence-electron chi connectivity index (χ1n) is 10.4. The fourth-order valence-electron chi connectivity index (χ4n) is 3.35. The molecule has 0 unspecified atom stereocenters. The second-order valence-corrected chi connectivity index (χ2v) is 7.72. The zero-order valence-corrected chi connectivity index (χ0v) is 18.5. The molecule has 2 aromatic carbocycles. The number of aryl methyl sites for hydroxylation is 1. The van der Waals surface area contributed by atoms with Gasteiger partial charge in [-0.15, -0.1) is 0 Å². The molecule has 1 aromatic heterocycles. The van der Waals surface area contributed by atoms with Crippen LogP contribution in [0.25, 0.3) is 10.9 Å². The van der Waals surface area contributed by atoms with Gasteiger partial charge in [-0.3, -0.25) is 4.99 Å². The Balaban J connectivity index is 1.50. The third-order valence-corrected chi connectivity index (χ3v) is 5.05. The van der Waals surface area contributed by atoms with Gasteiger partial charge in [0.25, 0.3) is 0 Å². The first kappa shape index (κ1) is 21.7. The van der Waals surface area contributed by atoms with Crippen LogP contribution in [0, 0.1) is 6.92 Å². The van der Waals surface area contributed by atoms with E-state index < -0.39 is 0 Å². The highest BCUT2D eigenvalue weighted by Crippen LogP contribution is 2.20. The van der Waals surface area contributed by atoms with Crippen LogP contribution in [0.2, 0.25) is 0 Å². The largest absolute Gasteiger partial charge is 0.492 e. The van der Waals surface area contributed by atoms with Gasteiger partial charge in [-0.05, 0) is 50.7 Å². The van der Waals surface area contributed by atoms with Crippen LogP contribution in [0.4, 0.5) is 0 Å². The van der Waals surface area contributed by atoms with Gasteiger partial charge in [-0.1, -0.05) is 30.3 Å². The number of nitrogens with one attached hydrogen (secondary N) is 3. The van der Waals surface area contributed by atoms with E-state index in [9.17, 15) is 0 Å². The standard InChI is InChI=1S/C24H33N5O/c1-18-9-10-21-19(16-27-22(21)15-18)11-12-26-24(25-2)28-17-20-7-5-6-8-23(20)30-14-13-29(3)4/h5-10,15-16,27H,11-14,17H2,1-4H3,(H2,25,26,28). The Labute approximate surface area is 179 Å². The third-order valence-electron chi connectivity index (χ3n) is 5.05. The van der Waals surface area contributed by atoms with Gasteiger partial charge >= 0.3 is 0 Å². The Kier molecular flexibility index (Phi) is 7.74. The van der Waals surface area contributed by atoms with Crippen LogP contribution in [-0.4, -0.2) is 56.7 Å². The number of nitrogens with zero attached hydrogens (tertiary/aromatic N) is 2. The number of ether oxygens (including phenoxy) is 1. The highest BCUT2D eigenvalue weighted by molar-refractivity contribution is 5.84. The fraction of sp³-hybridized carbons (Fsp3) is 0.375. The zero-order valence-electron chi connectivity index (χ0n) is 18.5. The van der Waals surface area contributed by atoms with Gasteiger partial charge in [-0.25, -0.2) is 0 Å². The summed E-state index contributed by atoms with van der Waals surface area (Å²) in [4.78, 5) is 9.83. The van der Waals surface area contributed by atoms with Crippen molar-refractivity contribution in [3.63, 3.8) is 0 Å². The summed E-state index contributed by atoms with van der Waals surface area (Å²) in [7, 11) is 5.89. The van der Waals surface area contributed by atoms with Gasteiger partial charge < -0.3 is 25.3 Å². The van der Waals surface area contributed by atoms with Crippen molar-refractivity contribution in [3.8, 4) is 5.75 Å². The molecule has 0 saturated carbocycles. The van der Waals surface area contributed by atoms with Crippen molar-refractivity contribution in [1.29, 1.82) is 0 Å². The summed E-state index contributed by atoms with van der Waals surface area (Å²) in [6.45, 7) is 5.13. The number of aromatic nitrogens is 1. The Morgan fingerprint density at radius 1 is 1.10 bits per heavy atom. The predicted octanol–water partition coefficient (Wildman–Crippen LogP) is 3.32. The maximum atomic E-state index is 5.95. The van der Waals surface area contributed by atoms with E-state index in [1.807, 2.05) is 32.3 Å². The van der Waals surface area contributed by atoms with Crippen molar-refractivity contribution in [2.45, 2.75) is 19.9 Å². The van der Waals surface area contributed by atoms with E-state index in [1.54, 1.807) is 7.05 Å². The maximum absolute atomic E-state index is 5.95. The van der Waals surface area contributed by atoms with Crippen molar-refractivity contribution in [2.75, 3.05) is 40.8 Å². The van der Waals surface area contributed by atoms with Crippen LogP contribution < -0.4 is 15.4 Å². The molecule has 0 bridgehead atoms. The molecule has 0 saturated heterocycles. The second-order valence-electron chi connectivity index (χ2n) is 7.72. The van der Waals surface area contributed by atoms with Crippen LogP contribution >= 0.6 is 0 Å². The normalized spacial score (nSPS) is 11.8. The molecule has 0 radical (unpaired) electrons. The molecular formula is C24H33N5O. The quantitative estimate of drug-likeness (QED) is 0.376.